The quantitative estimate of drug-likeness (QED) is 0.758. The number of hydrogen-bond donors (Lipinski definition) is 1. The highest BCUT2D eigenvalue weighted by atomic mass is 19.4. The number of alkyl halides is 3. The molecule has 0 aliphatic carbocycles. The Kier molecular flexibility index (Phi) is 2.30. The van der Waals surface area contributed by atoms with E-state index in [4.69, 9.17) is 5.73 Å². The van der Waals surface area contributed by atoms with Gasteiger partial charge < -0.3 is 5.73 Å². The van der Waals surface area contributed by atoms with Crippen LogP contribution in [0.2, 0.25) is 0 Å². The lowest BCUT2D eigenvalue weighted by Gasteiger charge is -2.11. The van der Waals surface area contributed by atoms with Crippen LogP contribution in [0.5, 0.6) is 0 Å². The Balaban J connectivity index is 2.52. The van der Waals surface area contributed by atoms with Crippen molar-refractivity contribution in [2.45, 2.75) is 6.18 Å². The Hall–Kier alpha value is -2.05. The van der Waals surface area contributed by atoms with E-state index >= 15 is 0 Å². The molecule has 1 aromatic heterocycles. The minimum absolute atomic E-state index is 0.263. The fourth-order valence-corrected chi connectivity index (χ4v) is 1.28. The topological polar surface area (TPSA) is 56.7 Å². The van der Waals surface area contributed by atoms with Crippen molar-refractivity contribution in [1.82, 2.24) is 15.0 Å². The monoisotopic (exact) mass is 228 g/mol. The van der Waals surface area contributed by atoms with Crippen molar-refractivity contribution in [3.05, 3.63) is 36.2 Å². The van der Waals surface area contributed by atoms with Gasteiger partial charge >= 0.3 is 6.18 Å². The van der Waals surface area contributed by atoms with E-state index in [1.54, 1.807) is 0 Å². The third-order valence-corrected chi connectivity index (χ3v) is 2.03. The molecule has 0 saturated heterocycles. The van der Waals surface area contributed by atoms with Gasteiger partial charge in [-0.3, -0.25) is 0 Å². The van der Waals surface area contributed by atoms with Gasteiger partial charge in [0.15, 0.2) is 0 Å². The Morgan fingerprint density at radius 3 is 2.56 bits per heavy atom. The highest BCUT2D eigenvalue weighted by molar-refractivity contribution is 5.53. The number of halogens is 3. The summed E-state index contributed by atoms with van der Waals surface area (Å²) in [4.78, 5) is 0. The second-order valence-corrected chi connectivity index (χ2v) is 3.12. The molecule has 0 saturated carbocycles. The number of hydrogen-bond acceptors (Lipinski definition) is 3. The summed E-state index contributed by atoms with van der Waals surface area (Å²) in [5.41, 5.74) is 4.34. The maximum atomic E-state index is 12.5. The first-order chi connectivity index (χ1) is 7.48. The first kappa shape index (κ1) is 10.5. The lowest BCUT2D eigenvalue weighted by molar-refractivity contribution is -0.136. The van der Waals surface area contributed by atoms with Crippen molar-refractivity contribution < 1.29 is 13.2 Å². The summed E-state index contributed by atoms with van der Waals surface area (Å²) in [5.74, 6) is 0. The van der Waals surface area contributed by atoms with E-state index in [-0.39, 0.29) is 11.4 Å². The number of nitrogen functional groups attached to an aromatic ring is 1. The third-order valence-electron chi connectivity index (χ3n) is 2.03. The normalized spacial score (nSPS) is 11.7. The first-order valence-corrected chi connectivity index (χ1v) is 4.32. The number of nitrogens with zero attached hydrogens (tertiary/aromatic N) is 3. The zero-order chi connectivity index (χ0) is 11.8. The van der Waals surface area contributed by atoms with Crippen molar-refractivity contribution >= 4 is 5.69 Å². The lowest BCUT2D eigenvalue weighted by Crippen LogP contribution is -2.10. The van der Waals surface area contributed by atoms with Crippen LogP contribution in [0, 0.1) is 0 Å². The van der Waals surface area contributed by atoms with Gasteiger partial charge in [0.05, 0.1) is 23.6 Å². The summed E-state index contributed by atoms with van der Waals surface area (Å²) in [6.45, 7) is 0. The standard InChI is InChI=1S/C9H7F3N4/c10-9(11,12)7-5-6(1-2-8(7)13)16-4-3-14-15-16/h1-5H,13H2. The molecule has 0 amide bonds. The molecule has 2 aromatic rings. The molecule has 4 nitrogen and oxygen atoms in total. The van der Waals surface area contributed by atoms with Crippen LogP contribution in [-0.4, -0.2) is 15.0 Å². The Labute approximate surface area is 88.5 Å². The highest BCUT2D eigenvalue weighted by Crippen LogP contribution is 2.34. The van der Waals surface area contributed by atoms with Gasteiger partial charge in [-0.25, -0.2) is 4.68 Å². The van der Waals surface area contributed by atoms with E-state index in [2.05, 4.69) is 10.3 Å². The Bertz CT molecular complexity index is 490. The number of rotatable bonds is 1. The minimum Gasteiger partial charge on any atom is -0.398 e. The molecule has 7 heteroatoms. The molecule has 84 valence electrons. The molecular formula is C9H7F3N4. The summed E-state index contributed by atoms with van der Waals surface area (Å²) in [7, 11) is 0. The molecule has 0 atom stereocenters. The zero-order valence-corrected chi connectivity index (χ0v) is 7.94. The van der Waals surface area contributed by atoms with Crippen LogP contribution in [0.1, 0.15) is 5.56 Å². The van der Waals surface area contributed by atoms with Gasteiger partial charge in [0.1, 0.15) is 0 Å². The molecule has 2 rings (SSSR count). The number of anilines is 1. The molecular weight excluding hydrogens is 221 g/mol. The van der Waals surface area contributed by atoms with Gasteiger partial charge in [0.25, 0.3) is 0 Å². The fraction of sp³-hybridized carbons (Fsp3) is 0.111. The third kappa shape index (κ3) is 1.83. The van der Waals surface area contributed by atoms with Crippen LogP contribution < -0.4 is 5.73 Å². The summed E-state index contributed by atoms with van der Waals surface area (Å²) < 4.78 is 38.9. The van der Waals surface area contributed by atoms with Crippen LogP contribution in [0.4, 0.5) is 18.9 Å². The molecule has 1 heterocycles. The maximum Gasteiger partial charge on any atom is 0.418 e. The van der Waals surface area contributed by atoms with E-state index in [0.717, 1.165) is 6.07 Å². The lowest BCUT2D eigenvalue weighted by atomic mass is 10.1. The molecule has 0 aliphatic heterocycles. The van der Waals surface area contributed by atoms with Crippen molar-refractivity contribution in [1.29, 1.82) is 0 Å². The summed E-state index contributed by atoms with van der Waals surface area (Å²) in [6.07, 6.45) is -1.64. The number of nitrogens with two attached hydrogens (primary N) is 1. The van der Waals surface area contributed by atoms with Gasteiger partial charge in [-0.15, -0.1) is 5.10 Å². The van der Waals surface area contributed by atoms with Crippen molar-refractivity contribution in [2.24, 2.45) is 0 Å². The SMILES string of the molecule is Nc1ccc(-n2ccnn2)cc1C(F)(F)F. The van der Waals surface area contributed by atoms with E-state index in [1.807, 2.05) is 0 Å². The van der Waals surface area contributed by atoms with E-state index in [1.165, 1.54) is 29.2 Å². The van der Waals surface area contributed by atoms with Crippen LogP contribution >= 0.6 is 0 Å². The summed E-state index contributed by atoms with van der Waals surface area (Å²) in [5, 5.41) is 7.11. The number of aromatic nitrogens is 3. The molecule has 2 N–H and O–H groups in total. The van der Waals surface area contributed by atoms with Crippen molar-refractivity contribution in [2.75, 3.05) is 5.73 Å². The average molecular weight is 228 g/mol. The zero-order valence-electron chi connectivity index (χ0n) is 7.94. The minimum atomic E-state index is -4.47. The summed E-state index contributed by atoms with van der Waals surface area (Å²) in [6, 6.07) is 3.57. The van der Waals surface area contributed by atoms with Crippen LogP contribution in [0.25, 0.3) is 5.69 Å². The van der Waals surface area contributed by atoms with Gasteiger partial charge in [-0.1, -0.05) is 5.21 Å². The van der Waals surface area contributed by atoms with E-state index in [9.17, 15) is 13.2 Å². The van der Waals surface area contributed by atoms with E-state index in [0.29, 0.717) is 0 Å². The molecule has 1 aromatic carbocycles. The smallest absolute Gasteiger partial charge is 0.398 e. The van der Waals surface area contributed by atoms with Crippen LogP contribution in [-0.2, 0) is 6.18 Å². The molecule has 0 spiro atoms. The van der Waals surface area contributed by atoms with Gasteiger partial charge in [-0.2, -0.15) is 13.2 Å². The van der Waals surface area contributed by atoms with Crippen LogP contribution in [0.3, 0.4) is 0 Å². The largest absolute Gasteiger partial charge is 0.418 e. The Morgan fingerprint density at radius 1 is 1.25 bits per heavy atom. The maximum absolute atomic E-state index is 12.5. The van der Waals surface area contributed by atoms with Crippen molar-refractivity contribution in [3.63, 3.8) is 0 Å². The van der Waals surface area contributed by atoms with Gasteiger partial charge in [-0.05, 0) is 18.2 Å². The van der Waals surface area contributed by atoms with E-state index < -0.39 is 11.7 Å². The second kappa shape index (κ2) is 3.51. The molecule has 0 radical (unpaired) electrons. The molecule has 0 unspecified atom stereocenters. The van der Waals surface area contributed by atoms with Crippen molar-refractivity contribution in [3.8, 4) is 5.69 Å². The predicted octanol–water partition coefficient (Wildman–Crippen LogP) is 1.87. The Morgan fingerprint density at radius 2 is 2.00 bits per heavy atom. The van der Waals surface area contributed by atoms with Crippen LogP contribution in [0.15, 0.2) is 30.6 Å². The van der Waals surface area contributed by atoms with Gasteiger partial charge in [0.2, 0.25) is 0 Å². The first-order valence-electron chi connectivity index (χ1n) is 4.32. The van der Waals surface area contributed by atoms with Gasteiger partial charge in [0, 0.05) is 5.69 Å². The summed E-state index contributed by atoms with van der Waals surface area (Å²) >= 11 is 0. The molecule has 16 heavy (non-hydrogen) atoms. The molecule has 0 bridgehead atoms. The highest BCUT2D eigenvalue weighted by Gasteiger charge is 2.33. The average Bonchev–Trinajstić information content (AvgIpc) is 2.69. The second-order valence-electron chi connectivity index (χ2n) is 3.12. The molecule has 0 aliphatic rings. The molecule has 0 fully saturated rings. The fourth-order valence-electron chi connectivity index (χ4n) is 1.28. The number of benzene rings is 1. The predicted molar refractivity (Wildman–Crippen MR) is 50.8 cm³/mol.